The molecule has 0 radical (unpaired) electrons. The van der Waals surface area contributed by atoms with Crippen LogP contribution in [0.1, 0.15) is 162 Å². The number of unbranched alkanes of at least 4 members (excludes halogenated alkanes) is 15. The summed E-state index contributed by atoms with van der Waals surface area (Å²) in [4.78, 5) is 22.7. The van der Waals surface area contributed by atoms with Crippen LogP contribution in [0.25, 0.3) is 0 Å². The lowest BCUT2D eigenvalue weighted by atomic mass is 10.0. The average Bonchev–Trinajstić information content (AvgIpc) is 3.12. The van der Waals surface area contributed by atoms with E-state index in [-0.39, 0.29) is 19.6 Å². The Hall–Kier alpha value is -1.84. The number of aliphatic hydroxyl groups is 2. The van der Waals surface area contributed by atoms with Gasteiger partial charge in [-0.3, -0.25) is 13.8 Å². The van der Waals surface area contributed by atoms with Crippen molar-refractivity contribution in [2.45, 2.75) is 180 Å². The first-order chi connectivity index (χ1) is 25.3. The maximum Gasteiger partial charge on any atom is 0.472 e. The topological polar surface area (TPSA) is 151 Å². The Bertz CT molecular complexity index is 1010. The summed E-state index contributed by atoms with van der Waals surface area (Å²) in [7, 11) is -4.41. The Morgan fingerprint density at radius 1 is 0.692 bits per heavy atom. The maximum absolute atomic E-state index is 12.8. The summed E-state index contributed by atoms with van der Waals surface area (Å²) in [6.45, 7) is 3.74. The molecule has 0 saturated carbocycles. The second-order valence-corrected chi connectivity index (χ2v) is 15.1. The number of hydrogen-bond donors (Lipinski definition) is 5. The number of carbonyl (C=O) groups is 1. The van der Waals surface area contributed by atoms with Crippen molar-refractivity contribution in [3.05, 3.63) is 60.8 Å². The molecule has 0 heterocycles. The predicted octanol–water partition coefficient (Wildman–Crippen LogP) is 10.1. The maximum atomic E-state index is 12.8. The van der Waals surface area contributed by atoms with Gasteiger partial charge in [-0.1, -0.05) is 152 Å². The van der Waals surface area contributed by atoms with Gasteiger partial charge in [-0.2, -0.15) is 0 Å². The van der Waals surface area contributed by atoms with Crippen LogP contribution in [0.5, 0.6) is 0 Å². The highest BCUT2D eigenvalue weighted by Crippen LogP contribution is 2.43. The number of carbonyl (C=O) groups excluding carboxylic acids is 1. The normalized spacial score (nSPS) is 15.4. The molecule has 0 saturated heterocycles. The first-order valence-corrected chi connectivity index (χ1v) is 22.0. The molecule has 0 spiro atoms. The summed E-state index contributed by atoms with van der Waals surface area (Å²) in [5.41, 5.74) is 5.34. The van der Waals surface area contributed by atoms with Gasteiger partial charge in [0.2, 0.25) is 5.91 Å². The monoisotopic (exact) mass is 753 g/mol. The van der Waals surface area contributed by atoms with Crippen molar-refractivity contribution in [3.63, 3.8) is 0 Å². The van der Waals surface area contributed by atoms with Crippen LogP contribution < -0.4 is 11.1 Å². The molecule has 302 valence electrons. The van der Waals surface area contributed by atoms with Crippen molar-refractivity contribution in [1.29, 1.82) is 0 Å². The summed E-state index contributed by atoms with van der Waals surface area (Å²) in [6, 6.07) is -1.01. The third-order valence-corrected chi connectivity index (χ3v) is 9.57. The van der Waals surface area contributed by atoms with Gasteiger partial charge in [-0.25, -0.2) is 4.57 Å². The van der Waals surface area contributed by atoms with Crippen molar-refractivity contribution in [1.82, 2.24) is 5.32 Å². The third-order valence-electron chi connectivity index (χ3n) is 8.59. The molecular formula is C42H77N2O7P. The number of nitrogens with two attached hydrogens (primary N) is 1. The van der Waals surface area contributed by atoms with Gasteiger partial charge in [0.15, 0.2) is 0 Å². The fourth-order valence-electron chi connectivity index (χ4n) is 5.55. The SMILES string of the molecule is CC/C=C\C/C=C\CCCCCCCCCCCCCCC(O)CC(=O)NC(COP(=O)(O)OCCN)C(O)/C=C/CC/C=C/CC/C=C/CCC. The number of aliphatic hydroxyl groups excluding tert-OH is 2. The quantitative estimate of drug-likeness (QED) is 0.0239. The molecule has 9 nitrogen and oxygen atoms in total. The lowest BCUT2D eigenvalue weighted by Crippen LogP contribution is -2.46. The molecule has 0 aromatic rings. The minimum absolute atomic E-state index is 0.0399. The van der Waals surface area contributed by atoms with Gasteiger partial charge in [-0.05, 0) is 64.2 Å². The number of nitrogens with one attached hydrogen (secondary N) is 1. The lowest BCUT2D eigenvalue weighted by molar-refractivity contribution is -0.124. The van der Waals surface area contributed by atoms with Crippen LogP contribution in [0.3, 0.4) is 0 Å². The fraction of sp³-hybridized carbons (Fsp3) is 0.738. The highest BCUT2D eigenvalue weighted by Gasteiger charge is 2.27. The van der Waals surface area contributed by atoms with Crippen LogP contribution in [0.4, 0.5) is 0 Å². The van der Waals surface area contributed by atoms with Gasteiger partial charge in [0.25, 0.3) is 0 Å². The third kappa shape index (κ3) is 35.2. The standard InChI is InChI=1S/C42H77N2O7P/c1-3-5-7-9-11-13-15-16-17-18-19-20-21-22-24-25-27-29-31-33-39(45)37-42(47)44-40(38-51-52(48,49)50-36-35-43)41(46)34-32-30-28-26-23-14-12-10-8-6-4-2/h5,7-8,10-11,13,23,26,32,34,39-41,45-46H,3-4,6,9,12,14-22,24-25,27-31,33,35-38,43H2,1-2H3,(H,44,47)(H,48,49)/b7-5-,10-8+,13-11-,26-23+,34-32+. The van der Waals surface area contributed by atoms with Gasteiger partial charge in [-0.15, -0.1) is 0 Å². The minimum Gasteiger partial charge on any atom is -0.393 e. The van der Waals surface area contributed by atoms with E-state index in [0.29, 0.717) is 12.8 Å². The Kier molecular flexibility index (Phi) is 36.1. The van der Waals surface area contributed by atoms with E-state index in [1.165, 1.54) is 64.2 Å². The van der Waals surface area contributed by atoms with Crippen LogP contribution in [0.15, 0.2) is 60.8 Å². The van der Waals surface area contributed by atoms with Crippen molar-refractivity contribution >= 4 is 13.7 Å². The van der Waals surface area contributed by atoms with E-state index >= 15 is 0 Å². The predicted molar refractivity (Wildman–Crippen MR) is 218 cm³/mol. The average molecular weight is 753 g/mol. The summed E-state index contributed by atoms with van der Waals surface area (Å²) in [5, 5.41) is 23.9. The molecule has 0 aromatic carbocycles. The highest BCUT2D eigenvalue weighted by atomic mass is 31.2. The Morgan fingerprint density at radius 3 is 1.79 bits per heavy atom. The smallest absolute Gasteiger partial charge is 0.393 e. The molecule has 6 N–H and O–H groups in total. The van der Waals surface area contributed by atoms with Crippen LogP contribution >= 0.6 is 7.82 Å². The van der Waals surface area contributed by atoms with Gasteiger partial charge >= 0.3 is 7.82 Å². The van der Waals surface area contributed by atoms with Crippen molar-refractivity contribution in [2.75, 3.05) is 19.8 Å². The number of rotatable bonds is 37. The van der Waals surface area contributed by atoms with Crippen LogP contribution in [-0.4, -0.2) is 59.0 Å². The van der Waals surface area contributed by atoms with Gasteiger partial charge in [0.1, 0.15) is 0 Å². The zero-order valence-electron chi connectivity index (χ0n) is 32.9. The number of hydrogen-bond acceptors (Lipinski definition) is 7. The largest absolute Gasteiger partial charge is 0.472 e. The molecule has 10 heteroatoms. The highest BCUT2D eigenvalue weighted by molar-refractivity contribution is 7.47. The number of phosphoric acid groups is 1. The van der Waals surface area contributed by atoms with E-state index in [9.17, 15) is 24.5 Å². The number of allylic oxidation sites excluding steroid dienone is 9. The van der Waals surface area contributed by atoms with Crippen LogP contribution in [0, 0.1) is 0 Å². The second kappa shape index (κ2) is 37.5. The van der Waals surface area contributed by atoms with Crippen molar-refractivity contribution < 1.29 is 33.5 Å². The first kappa shape index (κ1) is 50.2. The van der Waals surface area contributed by atoms with Crippen LogP contribution in [-0.2, 0) is 18.4 Å². The molecule has 4 atom stereocenters. The molecule has 1 amide bonds. The molecule has 0 fully saturated rings. The van der Waals surface area contributed by atoms with E-state index < -0.39 is 38.6 Å². The van der Waals surface area contributed by atoms with E-state index in [0.717, 1.165) is 64.2 Å². The zero-order valence-corrected chi connectivity index (χ0v) is 33.8. The Balaban J connectivity index is 4.30. The molecule has 52 heavy (non-hydrogen) atoms. The number of phosphoric ester groups is 1. The van der Waals surface area contributed by atoms with Crippen molar-refractivity contribution in [2.24, 2.45) is 5.73 Å². The molecular weight excluding hydrogens is 675 g/mol. The van der Waals surface area contributed by atoms with Crippen molar-refractivity contribution in [3.8, 4) is 0 Å². The van der Waals surface area contributed by atoms with Gasteiger partial charge in [0.05, 0.1) is 37.9 Å². The van der Waals surface area contributed by atoms with E-state index in [1.54, 1.807) is 6.08 Å². The summed E-state index contributed by atoms with van der Waals surface area (Å²) < 4.78 is 22.0. The van der Waals surface area contributed by atoms with E-state index in [4.69, 9.17) is 14.8 Å². The van der Waals surface area contributed by atoms with Gasteiger partial charge in [0, 0.05) is 6.54 Å². The lowest BCUT2D eigenvalue weighted by Gasteiger charge is -2.24. The molecule has 4 unspecified atom stereocenters. The molecule has 0 bridgehead atoms. The molecule has 0 rings (SSSR count). The summed E-state index contributed by atoms with van der Waals surface area (Å²) >= 11 is 0. The zero-order chi connectivity index (χ0) is 38.4. The molecule has 0 aromatic heterocycles. The number of amides is 1. The van der Waals surface area contributed by atoms with Crippen LogP contribution in [0.2, 0.25) is 0 Å². The Labute approximate surface area is 317 Å². The molecule has 0 aliphatic rings. The van der Waals surface area contributed by atoms with E-state index in [1.807, 2.05) is 6.08 Å². The summed E-state index contributed by atoms with van der Waals surface area (Å²) in [6.07, 6.45) is 43.2. The molecule has 0 aliphatic carbocycles. The second-order valence-electron chi connectivity index (χ2n) is 13.6. The minimum atomic E-state index is -4.41. The summed E-state index contributed by atoms with van der Waals surface area (Å²) in [5.74, 6) is -0.465. The van der Waals surface area contributed by atoms with Gasteiger partial charge < -0.3 is 26.2 Å². The Morgan fingerprint density at radius 2 is 1.21 bits per heavy atom. The molecule has 0 aliphatic heterocycles. The first-order valence-electron chi connectivity index (χ1n) is 20.5. The fourth-order valence-corrected chi connectivity index (χ4v) is 6.31. The van der Waals surface area contributed by atoms with E-state index in [2.05, 4.69) is 67.8 Å².